The van der Waals surface area contributed by atoms with E-state index in [1.54, 1.807) is 6.92 Å². The van der Waals surface area contributed by atoms with E-state index in [9.17, 15) is 18.7 Å². The minimum absolute atomic E-state index is 0.102. The molecule has 3 nitrogen and oxygen atoms in total. The van der Waals surface area contributed by atoms with Crippen molar-refractivity contribution < 1.29 is 18.7 Å². The van der Waals surface area contributed by atoms with Gasteiger partial charge in [0, 0.05) is 12.6 Å². The highest BCUT2D eigenvalue weighted by Gasteiger charge is 2.31. The van der Waals surface area contributed by atoms with Crippen LogP contribution in [0.3, 0.4) is 0 Å². The van der Waals surface area contributed by atoms with Crippen LogP contribution in [-0.2, 0) is 0 Å². The Morgan fingerprint density at radius 3 is 2.95 bits per heavy atom. The van der Waals surface area contributed by atoms with Crippen LogP contribution in [0.15, 0.2) is 18.2 Å². The maximum Gasteiger partial charge on any atom is 0.257 e. The van der Waals surface area contributed by atoms with Gasteiger partial charge in [0.1, 0.15) is 0 Å². The second-order valence-electron chi connectivity index (χ2n) is 4.98. The number of aliphatic hydroxyl groups is 1. The Kier molecular flexibility index (Phi) is 4.14. The van der Waals surface area contributed by atoms with Gasteiger partial charge in [-0.25, -0.2) is 8.78 Å². The number of aliphatic hydroxyl groups excluding tert-OH is 1. The predicted molar refractivity (Wildman–Crippen MR) is 66.7 cm³/mol. The molecule has 2 atom stereocenters. The van der Waals surface area contributed by atoms with E-state index in [2.05, 4.69) is 0 Å². The Balaban J connectivity index is 2.21. The Morgan fingerprint density at radius 2 is 2.26 bits per heavy atom. The summed E-state index contributed by atoms with van der Waals surface area (Å²) in [5.74, 6) is -2.62. The number of hydrogen-bond donors (Lipinski definition) is 1. The summed E-state index contributed by atoms with van der Waals surface area (Å²) in [6.45, 7) is 2.18. The first-order valence-corrected chi connectivity index (χ1v) is 6.43. The largest absolute Gasteiger partial charge is 0.393 e. The lowest BCUT2D eigenvalue weighted by molar-refractivity contribution is 0.0676. The van der Waals surface area contributed by atoms with Crippen LogP contribution in [-0.4, -0.2) is 34.6 Å². The first-order chi connectivity index (χ1) is 9.00. The molecule has 19 heavy (non-hydrogen) atoms. The fourth-order valence-electron chi connectivity index (χ4n) is 2.57. The van der Waals surface area contributed by atoms with Gasteiger partial charge in [0.05, 0.1) is 11.7 Å². The summed E-state index contributed by atoms with van der Waals surface area (Å²) in [4.78, 5) is 13.8. The molecule has 0 radical (unpaired) electrons. The summed E-state index contributed by atoms with van der Waals surface area (Å²) in [6, 6.07) is 3.50. The second kappa shape index (κ2) is 5.65. The van der Waals surface area contributed by atoms with Crippen LogP contribution >= 0.6 is 0 Å². The number of hydrogen-bond acceptors (Lipinski definition) is 2. The van der Waals surface area contributed by atoms with Crippen molar-refractivity contribution in [3.63, 3.8) is 0 Å². The topological polar surface area (TPSA) is 40.5 Å². The molecule has 104 valence electrons. The van der Waals surface area contributed by atoms with E-state index in [0.29, 0.717) is 13.0 Å². The molecule has 0 spiro atoms. The quantitative estimate of drug-likeness (QED) is 0.915. The molecule has 2 unspecified atom stereocenters. The van der Waals surface area contributed by atoms with Gasteiger partial charge in [-0.3, -0.25) is 4.79 Å². The van der Waals surface area contributed by atoms with Gasteiger partial charge < -0.3 is 10.0 Å². The lowest BCUT2D eigenvalue weighted by Gasteiger charge is -2.26. The summed E-state index contributed by atoms with van der Waals surface area (Å²) in [7, 11) is 0. The van der Waals surface area contributed by atoms with Crippen LogP contribution in [0.5, 0.6) is 0 Å². The molecule has 5 heteroatoms. The van der Waals surface area contributed by atoms with Crippen LogP contribution in [0.1, 0.15) is 36.5 Å². The van der Waals surface area contributed by atoms with E-state index in [4.69, 9.17) is 0 Å². The summed E-state index contributed by atoms with van der Waals surface area (Å²) < 4.78 is 26.8. The Hall–Kier alpha value is -1.49. The number of halogens is 2. The highest BCUT2D eigenvalue weighted by molar-refractivity contribution is 5.94. The molecule has 1 N–H and O–H groups in total. The van der Waals surface area contributed by atoms with Gasteiger partial charge in [-0.2, -0.15) is 0 Å². The molecule has 1 fully saturated rings. The molecular formula is C14H17F2NO2. The molecule has 1 aliphatic heterocycles. The molecule has 0 aliphatic carbocycles. The minimum Gasteiger partial charge on any atom is -0.393 e. The molecule has 1 saturated heterocycles. The molecule has 0 saturated carbocycles. The van der Waals surface area contributed by atoms with Crippen LogP contribution in [0, 0.1) is 11.6 Å². The molecular weight excluding hydrogens is 252 g/mol. The second-order valence-corrected chi connectivity index (χ2v) is 4.98. The Morgan fingerprint density at radius 1 is 1.53 bits per heavy atom. The summed E-state index contributed by atoms with van der Waals surface area (Å²) in [6.07, 6.45) is 1.55. The number of amides is 1. The van der Waals surface area contributed by atoms with E-state index >= 15 is 0 Å². The van der Waals surface area contributed by atoms with E-state index in [1.807, 2.05) is 0 Å². The van der Waals surface area contributed by atoms with Crippen molar-refractivity contribution in [2.24, 2.45) is 0 Å². The monoisotopic (exact) mass is 269 g/mol. The van der Waals surface area contributed by atoms with Crippen molar-refractivity contribution in [1.82, 2.24) is 4.90 Å². The van der Waals surface area contributed by atoms with Gasteiger partial charge in [-0.05, 0) is 38.3 Å². The van der Waals surface area contributed by atoms with Crippen molar-refractivity contribution in [1.29, 1.82) is 0 Å². The zero-order chi connectivity index (χ0) is 14.0. The highest BCUT2D eigenvalue weighted by Crippen LogP contribution is 2.25. The molecule has 0 bridgehead atoms. The van der Waals surface area contributed by atoms with Crippen LogP contribution in [0.4, 0.5) is 8.78 Å². The van der Waals surface area contributed by atoms with Gasteiger partial charge in [-0.15, -0.1) is 0 Å². The maximum atomic E-state index is 13.6. The van der Waals surface area contributed by atoms with Crippen molar-refractivity contribution in [2.75, 3.05) is 6.54 Å². The standard InChI is InChI=1S/C14H17F2NO2/c1-9(18)8-10-4-3-7-17(10)14(19)11-5-2-6-12(15)13(11)16/h2,5-6,9-10,18H,3-4,7-8H2,1H3. The average Bonchev–Trinajstić information content (AvgIpc) is 2.79. The number of nitrogens with zero attached hydrogens (tertiary/aromatic N) is 1. The zero-order valence-electron chi connectivity index (χ0n) is 10.8. The van der Waals surface area contributed by atoms with E-state index in [1.165, 1.54) is 17.0 Å². The van der Waals surface area contributed by atoms with Gasteiger partial charge >= 0.3 is 0 Å². The van der Waals surface area contributed by atoms with E-state index in [-0.39, 0.29) is 11.6 Å². The Bertz CT molecular complexity index is 477. The number of rotatable bonds is 3. The van der Waals surface area contributed by atoms with Crippen molar-refractivity contribution in [3.8, 4) is 0 Å². The smallest absolute Gasteiger partial charge is 0.257 e. The predicted octanol–water partition coefficient (Wildman–Crippen LogP) is 2.34. The third-order valence-corrected chi connectivity index (χ3v) is 3.43. The first-order valence-electron chi connectivity index (χ1n) is 6.43. The van der Waals surface area contributed by atoms with Gasteiger partial charge in [0.2, 0.25) is 0 Å². The van der Waals surface area contributed by atoms with Crippen molar-refractivity contribution in [3.05, 3.63) is 35.4 Å². The van der Waals surface area contributed by atoms with Gasteiger partial charge in [0.25, 0.3) is 5.91 Å². The lowest BCUT2D eigenvalue weighted by atomic mass is 10.1. The summed E-state index contributed by atoms with van der Waals surface area (Å²) in [5.41, 5.74) is -0.238. The molecule has 1 amide bonds. The average molecular weight is 269 g/mol. The first kappa shape index (κ1) is 13.9. The third-order valence-electron chi connectivity index (χ3n) is 3.43. The number of carbonyl (C=O) groups excluding carboxylic acids is 1. The fourth-order valence-corrected chi connectivity index (χ4v) is 2.57. The van der Waals surface area contributed by atoms with Crippen molar-refractivity contribution in [2.45, 2.75) is 38.3 Å². The lowest BCUT2D eigenvalue weighted by Crippen LogP contribution is -2.37. The van der Waals surface area contributed by atoms with E-state index < -0.39 is 23.6 Å². The van der Waals surface area contributed by atoms with Gasteiger partial charge in [-0.1, -0.05) is 6.07 Å². The van der Waals surface area contributed by atoms with Crippen LogP contribution in [0.2, 0.25) is 0 Å². The minimum atomic E-state index is -1.10. The van der Waals surface area contributed by atoms with Crippen molar-refractivity contribution >= 4 is 5.91 Å². The molecule has 1 aromatic rings. The van der Waals surface area contributed by atoms with Crippen LogP contribution < -0.4 is 0 Å². The number of likely N-dealkylation sites (tertiary alicyclic amines) is 1. The number of benzene rings is 1. The number of carbonyl (C=O) groups is 1. The molecule has 2 rings (SSSR count). The molecule has 0 aromatic heterocycles. The van der Waals surface area contributed by atoms with E-state index in [0.717, 1.165) is 18.9 Å². The van der Waals surface area contributed by atoms with Crippen LogP contribution in [0.25, 0.3) is 0 Å². The Labute approximate surface area is 110 Å². The summed E-state index contributed by atoms with van der Waals surface area (Å²) >= 11 is 0. The molecule has 1 aromatic carbocycles. The summed E-state index contributed by atoms with van der Waals surface area (Å²) in [5, 5.41) is 9.41. The molecule has 1 aliphatic rings. The SMILES string of the molecule is CC(O)CC1CCCN1C(=O)c1cccc(F)c1F. The maximum absolute atomic E-state index is 13.6. The fraction of sp³-hybridized carbons (Fsp3) is 0.500. The zero-order valence-corrected chi connectivity index (χ0v) is 10.8. The third kappa shape index (κ3) is 2.92. The normalized spacial score (nSPS) is 20.6. The van der Waals surface area contributed by atoms with Gasteiger partial charge in [0.15, 0.2) is 11.6 Å². The molecule has 1 heterocycles. The highest BCUT2D eigenvalue weighted by atomic mass is 19.2.